The summed E-state index contributed by atoms with van der Waals surface area (Å²) >= 11 is 0. The van der Waals surface area contributed by atoms with E-state index in [1.807, 2.05) is 31.2 Å². The van der Waals surface area contributed by atoms with Crippen LogP contribution in [0.3, 0.4) is 0 Å². The number of carbonyl (C=O) groups is 3. The van der Waals surface area contributed by atoms with Crippen molar-refractivity contribution in [2.75, 3.05) is 39.9 Å². The average Bonchev–Trinajstić information content (AvgIpc) is 3.55. The molecule has 0 unspecified atom stereocenters. The molecule has 180 valence electrons. The number of benzene rings is 1. The lowest BCUT2D eigenvalue weighted by Gasteiger charge is -2.34. The highest BCUT2D eigenvalue weighted by atomic mass is 16.6. The van der Waals surface area contributed by atoms with Crippen LogP contribution in [-0.2, 0) is 20.8 Å². The van der Waals surface area contributed by atoms with Crippen molar-refractivity contribution < 1.29 is 23.9 Å². The van der Waals surface area contributed by atoms with E-state index >= 15 is 0 Å². The number of methoxy groups -OCH3 is 1. The number of hydrogen-bond donors (Lipinski definition) is 1. The van der Waals surface area contributed by atoms with Crippen LogP contribution in [0.15, 0.2) is 24.3 Å². The Hall–Kier alpha value is -2.61. The molecule has 1 spiro atoms. The fourth-order valence-corrected chi connectivity index (χ4v) is 5.27. The summed E-state index contributed by atoms with van der Waals surface area (Å²) in [5.74, 6) is 0.00239. The largest absolute Gasteiger partial charge is 0.465 e. The standard InChI is InChI=1S/C25H35N3O5/c1-3-33-24(31)28-12-8-20(9-13-28)26-22(29)21-16-25(21)10-14-27(15-11-25)17-18-4-6-19(7-5-18)23(30)32-2/h4-7,20-21H,3,8-17H2,1-2H3,(H,26,29)/t21-/m1/s1. The van der Waals surface area contributed by atoms with Crippen LogP contribution in [0.4, 0.5) is 4.79 Å². The zero-order valence-electron chi connectivity index (χ0n) is 19.7. The molecule has 1 N–H and O–H groups in total. The van der Waals surface area contributed by atoms with Crippen molar-refractivity contribution in [1.82, 2.24) is 15.1 Å². The maximum atomic E-state index is 12.9. The quantitative estimate of drug-likeness (QED) is 0.661. The van der Waals surface area contributed by atoms with Crippen molar-refractivity contribution in [2.24, 2.45) is 11.3 Å². The molecule has 3 fully saturated rings. The Labute approximate surface area is 195 Å². The maximum Gasteiger partial charge on any atom is 0.409 e. The first-order valence-corrected chi connectivity index (χ1v) is 12.1. The van der Waals surface area contributed by atoms with Crippen LogP contribution in [0.25, 0.3) is 0 Å². The molecule has 2 heterocycles. The zero-order chi connectivity index (χ0) is 23.4. The molecule has 1 aromatic rings. The van der Waals surface area contributed by atoms with Crippen LogP contribution >= 0.6 is 0 Å². The average molecular weight is 458 g/mol. The van der Waals surface area contributed by atoms with E-state index < -0.39 is 0 Å². The predicted molar refractivity (Wildman–Crippen MR) is 123 cm³/mol. The molecule has 1 atom stereocenters. The number of esters is 1. The number of amides is 2. The Balaban J connectivity index is 1.19. The van der Waals surface area contributed by atoms with E-state index in [2.05, 4.69) is 10.2 Å². The van der Waals surface area contributed by atoms with Crippen LogP contribution in [-0.4, -0.2) is 73.7 Å². The summed E-state index contributed by atoms with van der Waals surface area (Å²) in [6.45, 7) is 6.29. The van der Waals surface area contributed by atoms with Crippen LogP contribution in [0.5, 0.6) is 0 Å². The second kappa shape index (κ2) is 10.1. The highest BCUT2D eigenvalue weighted by molar-refractivity contribution is 5.89. The maximum absolute atomic E-state index is 12.9. The Morgan fingerprint density at radius 3 is 2.33 bits per heavy atom. The van der Waals surface area contributed by atoms with Gasteiger partial charge in [0.1, 0.15) is 0 Å². The number of ether oxygens (including phenoxy) is 2. The van der Waals surface area contributed by atoms with Crippen molar-refractivity contribution in [2.45, 2.75) is 51.6 Å². The molecular formula is C25H35N3O5. The van der Waals surface area contributed by atoms with Gasteiger partial charge in [-0.25, -0.2) is 9.59 Å². The third kappa shape index (κ3) is 5.49. The first-order valence-electron chi connectivity index (χ1n) is 12.1. The van der Waals surface area contributed by atoms with Crippen molar-refractivity contribution in [1.29, 1.82) is 0 Å². The van der Waals surface area contributed by atoms with Gasteiger partial charge in [0, 0.05) is 31.6 Å². The molecular weight excluding hydrogens is 422 g/mol. The lowest BCUT2D eigenvalue weighted by molar-refractivity contribution is -0.124. The van der Waals surface area contributed by atoms with Crippen LogP contribution in [0.1, 0.15) is 54.9 Å². The molecule has 8 heteroatoms. The fraction of sp³-hybridized carbons (Fsp3) is 0.640. The van der Waals surface area contributed by atoms with E-state index in [-0.39, 0.29) is 35.3 Å². The Morgan fingerprint density at radius 1 is 1.06 bits per heavy atom. The first kappa shape index (κ1) is 23.5. The molecule has 8 nitrogen and oxygen atoms in total. The summed E-state index contributed by atoms with van der Waals surface area (Å²) in [5.41, 5.74) is 1.91. The first-order chi connectivity index (χ1) is 15.9. The molecule has 2 aliphatic heterocycles. The second-order valence-electron chi connectivity index (χ2n) is 9.55. The van der Waals surface area contributed by atoms with Crippen molar-refractivity contribution >= 4 is 18.0 Å². The van der Waals surface area contributed by atoms with Gasteiger partial charge in [-0.05, 0) is 75.2 Å². The fourth-order valence-electron chi connectivity index (χ4n) is 5.27. The van der Waals surface area contributed by atoms with Gasteiger partial charge in [0.2, 0.25) is 5.91 Å². The van der Waals surface area contributed by atoms with Gasteiger partial charge in [0.05, 0.1) is 19.3 Å². The van der Waals surface area contributed by atoms with E-state index in [1.54, 1.807) is 4.90 Å². The van der Waals surface area contributed by atoms with Gasteiger partial charge < -0.3 is 19.7 Å². The third-order valence-corrected chi connectivity index (χ3v) is 7.51. The summed E-state index contributed by atoms with van der Waals surface area (Å²) in [5, 5.41) is 3.24. The molecule has 2 amide bonds. The highest BCUT2D eigenvalue weighted by Crippen LogP contribution is 2.59. The molecule has 4 rings (SSSR count). The van der Waals surface area contributed by atoms with Crippen molar-refractivity contribution in [3.05, 3.63) is 35.4 Å². The Kier molecular flexibility index (Phi) is 7.22. The molecule has 1 aliphatic carbocycles. The van der Waals surface area contributed by atoms with Crippen LogP contribution in [0.2, 0.25) is 0 Å². The minimum absolute atomic E-state index is 0.127. The summed E-state index contributed by atoms with van der Waals surface area (Å²) in [6.07, 6.45) is 4.40. The monoisotopic (exact) mass is 457 g/mol. The second-order valence-corrected chi connectivity index (χ2v) is 9.55. The van der Waals surface area contributed by atoms with E-state index in [9.17, 15) is 14.4 Å². The topological polar surface area (TPSA) is 88.2 Å². The SMILES string of the molecule is CCOC(=O)N1CCC(NC(=O)[C@H]2CC23CCN(Cc2ccc(C(=O)OC)cc2)CC3)CC1. The molecule has 0 radical (unpaired) electrons. The normalized spacial score (nSPS) is 22.6. The van der Waals surface area contributed by atoms with E-state index in [4.69, 9.17) is 9.47 Å². The number of piperidine rings is 2. The summed E-state index contributed by atoms with van der Waals surface area (Å²) in [6, 6.07) is 7.74. The van der Waals surface area contributed by atoms with Gasteiger partial charge in [-0.1, -0.05) is 12.1 Å². The summed E-state index contributed by atoms with van der Waals surface area (Å²) < 4.78 is 9.82. The highest BCUT2D eigenvalue weighted by Gasteiger charge is 2.58. The lowest BCUT2D eigenvalue weighted by Crippen LogP contribution is -2.47. The Bertz CT molecular complexity index is 855. The van der Waals surface area contributed by atoms with Crippen LogP contribution < -0.4 is 5.32 Å². The van der Waals surface area contributed by atoms with Gasteiger partial charge in [0.15, 0.2) is 0 Å². The number of hydrogen-bond acceptors (Lipinski definition) is 6. The molecule has 1 saturated carbocycles. The van der Waals surface area contributed by atoms with E-state index in [0.717, 1.165) is 51.7 Å². The van der Waals surface area contributed by atoms with Gasteiger partial charge in [-0.15, -0.1) is 0 Å². The zero-order valence-corrected chi connectivity index (χ0v) is 19.7. The van der Waals surface area contributed by atoms with Crippen molar-refractivity contribution in [3.63, 3.8) is 0 Å². The van der Waals surface area contributed by atoms with Crippen LogP contribution in [0, 0.1) is 11.3 Å². The van der Waals surface area contributed by atoms with Gasteiger partial charge in [0.25, 0.3) is 0 Å². The molecule has 2 saturated heterocycles. The lowest BCUT2D eigenvalue weighted by atomic mass is 9.90. The van der Waals surface area contributed by atoms with E-state index in [0.29, 0.717) is 25.3 Å². The van der Waals surface area contributed by atoms with Gasteiger partial charge in [-0.3, -0.25) is 9.69 Å². The number of likely N-dealkylation sites (tertiary alicyclic amines) is 2. The predicted octanol–water partition coefficient (Wildman–Crippen LogP) is 2.81. The minimum Gasteiger partial charge on any atom is -0.465 e. The molecule has 0 aromatic heterocycles. The summed E-state index contributed by atoms with van der Waals surface area (Å²) in [4.78, 5) is 40.5. The minimum atomic E-state index is -0.316. The number of nitrogens with one attached hydrogen (secondary N) is 1. The van der Waals surface area contributed by atoms with E-state index in [1.165, 1.54) is 12.7 Å². The molecule has 1 aromatic carbocycles. The molecule has 33 heavy (non-hydrogen) atoms. The molecule has 0 bridgehead atoms. The number of carbonyl (C=O) groups excluding carboxylic acids is 3. The number of rotatable bonds is 6. The van der Waals surface area contributed by atoms with Crippen molar-refractivity contribution in [3.8, 4) is 0 Å². The summed E-state index contributed by atoms with van der Waals surface area (Å²) in [7, 11) is 1.39. The molecule has 3 aliphatic rings. The Morgan fingerprint density at radius 2 is 1.73 bits per heavy atom. The smallest absolute Gasteiger partial charge is 0.409 e. The third-order valence-electron chi connectivity index (χ3n) is 7.51. The van der Waals surface area contributed by atoms with Gasteiger partial charge >= 0.3 is 12.1 Å². The number of nitrogens with zero attached hydrogens (tertiary/aromatic N) is 2. The van der Waals surface area contributed by atoms with Gasteiger partial charge in [-0.2, -0.15) is 0 Å².